The van der Waals surface area contributed by atoms with Crippen LogP contribution in [0.5, 0.6) is 5.75 Å². The lowest BCUT2D eigenvalue weighted by atomic mass is 10.0. The third kappa shape index (κ3) is 4.16. The van der Waals surface area contributed by atoms with E-state index in [9.17, 15) is 4.79 Å². The fourth-order valence-corrected chi connectivity index (χ4v) is 3.61. The highest BCUT2D eigenvalue weighted by molar-refractivity contribution is 5.58. The van der Waals surface area contributed by atoms with Crippen LogP contribution in [-0.2, 0) is 26.5 Å². The van der Waals surface area contributed by atoms with Crippen LogP contribution in [-0.4, -0.2) is 29.8 Å². The number of aryl methyl sites for hydroxylation is 4. The molecule has 0 fully saturated rings. The summed E-state index contributed by atoms with van der Waals surface area (Å²) >= 11 is 0. The second kappa shape index (κ2) is 9.13. The summed E-state index contributed by atoms with van der Waals surface area (Å²) in [7, 11) is 1.58. The van der Waals surface area contributed by atoms with Gasteiger partial charge >= 0.3 is 5.69 Å². The van der Waals surface area contributed by atoms with E-state index in [4.69, 9.17) is 4.74 Å². The van der Waals surface area contributed by atoms with Gasteiger partial charge in [0.1, 0.15) is 12.4 Å². The minimum absolute atomic E-state index is 0.297. The maximum Gasteiger partial charge on any atom is 0.368 e. The molecule has 0 atom stereocenters. The third-order valence-electron chi connectivity index (χ3n) is 5.46. The van der Waals surface area contributed by atoms with Crippen molar-refractivity contribution < 1.29 is 4.74 Å². The summed E-state index contributed by atoms with van der Waals surface area (Å²) in [6.45, 7) is 6.46. The summed E-state index contributed by atoms with van der Waals surface area (Å²) < 4.78 is 8.72. The van der Waals surface area contributed by atoms with Crippen LogP contribution in [0.25, 0.3) is 17.1 Å². The summed E-state index contributed by atoms with van der Waals surface area (Å²) in [6, 6.07) is 13.7. The van der Waals surface area contributed by atoms with Crippen LogP contribution < -0.4 is 10.4 Å². The molecule has 0 aliphatic rings. The molecule has 0 spiro atoms. The van der Waals surface area contributed by atoms with Gasteiger partial charge in [0.2, 0.25) is 0 Å². The molecule has 0 radical (unpaired) electrons. The highest BCUT2D eigenvalue weighted by Crippen LogP contribution is 2.27. The molecule has 0 unspecified atom stereocenters. The van der Waals surface area contributed by atoms with Crippen LogP contribution in [0.4, 0.5) is 0 Å². The fraction of sp³-hybridized carbons (Fsp3) is 0.292. The number of ether oxygens (including phenoxy) is 1. The first-order chi connectivity index (χ1) is 15.5. The van der Waals surface area contributed by atoms with Crippen molar-refractivity contribution in [2.75, 3.05) is 0 Å². The zero-order valence-electron chi connectivity index (χ0n) is 18.7. The van der Waals surface area contributed by atoms with Gasteiger partial charge in [0.15, 0.2) is 5.82 Å². The number of tetrazole rings is 1. The molecular formula is C24H26N6O2. The summed E-state index contributed by atoms with van der Waals surface area (Å²) in [5.41, 5.74) is 5.34. The van der Waals surface area contributed by atoms with E-state index in [-0.39, 0.29) is 5.69 Å². The van der Waals surface area contributed by atoms with Crippen molar-refractivity contribution in [1.82, 2.24) is 29.8 Å². The van der Waals surface area contributed by atoms with Gasteiger partial charge in [-0.2, -0.15) is 9.36 Å². The number of rotatable bonds is 7. The molecule has 32 heavy (non-hydrogen) atoms. The van der Waals surface area contributed by atoms with Gasteiger partial charge in [-0.15, -0.1) is 0 Å². The Kier molecular flexibility index (Phi) is 6.11. The van der Waals surface area contributed by atoms with E-state index < -0.39 is 0 Å². The first kappa shape index (κ1) is 21.4. The number of benzene rings is 2. The molecule has 8 heteroatoms. The molecule has 0 saturated heterocycles. The molecule has 0 saturated carbocycles. The van der Waals surface area contributed by atoms with Gasteiger partial charge in [-0.05, 0) is 71.7 Å². The number of nitrogens with zero attached hydrogens (tertiary/aromatic N) is 6. The summed E-state index contributed by atoms with van der Waals surface area (Å²) in [4.78, 5) is 21.4. The van der Waals surface area contributed by atoms with Crippen LogP contribution in [0.3, 0.4) is 0 Å². The SMILES string of the molecule is CCc1ccnc(-c2ccc(OCc3c(CC)cccc3-n3nnn(C)c3=O)c(C)c2)n1. The van der Waals surface area contributed by atoms with Crippen molar-refractivity contribution >= 4 is 0 Å². The smallest absolute Gasteiger partial charge is 0.368 e. The standard InChI is InChI=1S/C24H26N6O2/c1-5-17-8-7-9-21(30-24(31)29(4)27-28-30)20(17)15-32-22-11-10-18(14-16(22)3)23-25-13-12-19(6-2)26-23/h7-14H,5-6,15H2,1-4H3. The van der Waals surface area contributed by atoms with Crippen LogP contribution in [0, 0.1) is 6.92 Å². The fourth-order valence-electron chi connectivity index (χ4n) is 3.61. The average Bonchev–Trinajstić information content (AvgIpc) is 3.16. The van der Waals surface area contributed by atoms with Crippen LogP contribution >= 0.6 is 0 Å². The van der Waals surface area contributed by atoms with E-state index in [0.717, 1.165) is 46.5 Å². The predicted octanol–water partition coefficient (Wildman–Crippen LogP) is 3.44. The number of hydrogen-bond donors (Lipinski definition) is 0. The molecule has 164 valence electrons. The van der Waals surface area contributed by atoms with E-state index in [1.807, 2.05) is 49.4 Å². The van der Waals surface area contributed by atoms with Crippen LogP contribution in [0.15, 0.2) is 53.5 Å². The van der Waals surface area contributed by atoms with Crippen molar-refractivity contribution in [3.05, 3.63) is 81.5 Å². The second-order valence-electron chi connectivity index (χ2n) is 7.56. The molecule has 2 aromatic carbocycles. The van der Waals surface area contributed by atoms with Crippen molar-refractivity contribution in [1.29, 1.82) is 0 Å². The summed E-state index contributed by atoms with van der Waals surface area (Å²) in [5, 5.41) is 7.84. The normalized spacial score (nSPS) is 11.0. The minimum Gasteiger partial charge on any atom is -0.489 e. The highest BCUT2D eigenvalue weighted by Gasteiger charge is 2.15. The average molecular weight is 431 g/mol. The zero-order valence-corrected chi connectivity index (χ0v) is 18.7. The Hall–Kier alpha value is -3.81. The Morgan fingerprint density at radius 1 is 1.03 bits per heavy atom. The largest absolute Gasteiger partial charge is 0.489 e. The lowest BCUT2D eigenvalue weighted by Gasteiger charge is -2.15. The molecule has 4 aromatic rings. The molecule has 2 heterocycles. The van der Waals surface area contributed by atoms with Crippen LogP contribution in [0.2, 0.25) is 0 Å². The van der Waals surface area contributed by atoms with Gasteiger partial charge in [-0.3, -0.25) is 0 Å². The lowest BCUT2D eigenvalue weighted by molar-refractivity contribution is 0.302. The Bertz CT molecular complexity index is 1310. The van der Waals surface area contributed by atoms with Crippen molar-refractivity contribution in [2.45, 2.75) is 40.2 Å². The molecule has 0 N–H and O–H groups in total. The zero-order chi connectivity index (χ0) is 22.7. The van der Waals surface area contributed by atoms with Gasteiger partial charge in [0.25, 0.3) is 0 Å². The highest BCUT2D eigenvalue weighted by atomic mass is 16.5. The van der Waals surface area contributed by atoms with Gasteiger partial charge in [-0.25, -0.2) is 14.8 Å². The van der Waals surface area contributed by atoms with Gasteiger partial charge < -0.3 is 4.74 Å². The minimum atomic E-state index is -0.297. The Balaban J connectivity index is 1.63. The summed E-state index contributed by atoms with van der Waals surface area (Å²) in [5.74, 6) is 1.48. The Labute approximate surface area is 186 Å². The maximum atomic E-state index is 12.4. The number of hydrogen-bond acceptors (Lipinski definition) is 6. The molecule has 0 aliphatic heterocycles. The van der Waals surface area contributed by atoms with E-state index in [1.54, 1.807) is 13.2 Å². The molecule has 0 amide bonds. The summed E-state index contributed by atoms with van der Waals surface area (Å²) in [6.07, 6.45) is 3.47. The second-order valence-corrected chi connectivity index (χ2v) is 7.56. The van der Waals surface area contributed by atoms with E-state index in [2.05, 4.69) is 34.2 Å². The third-order valence-corrected chi connectivity index (χ3v) is 5.46. The lowest BCUT2D eigenvalue weighted by Crippen LogP contribution is -2.23. The van der Waals surface area contributed by atoms with E-state index in [0.29, 0.717) is 18.1 Å². The molecule has 0 bridgehead atoms. The van der Waals surface area contributed by atoms with E-state index in [1.165, 1.54) is 9.36 Å². The van der Waals surface area contributed by atoms with Crippen molar-refractivity contribution in [3.8, 4) is 22.8 Å². The van der Waals surface area contributed by atoms with Gasteiger partial charge in [-0.1, -0.05) is 26.0 Å². The van der Waals surface area contributed by atoms with Crippen molar-refractivity contribution in [2.24, 2.45) is 7.05 Å². The number of aromatic nitrogens is 6. The molecular weight excluding hydrogens is 404 g/mol. The first-order valence-corrected chi connectivity index (χ1v) is 10.7. The molecule has 2 aromatic heterocycles. The monoisotopic (exact) mass is 430 g/mol. The van der Waals surface area contributed by atoms with Gasteiger partial charge in [0.05, 0.1) is 5.69 Å². The first-order valence-electron chi connectivity index (χ1n) is 10.7. The molecule has 4 rings (SSSR count). The molecule has 0 aliphatic carbocycles. The van der Waals surface area contributed by atoms with Crippen LogP contribution in [0.1, 0.15) is 36.2 Å². The van der Waals surface area contributed by atoms with Crippen molar-refractivity contribution in [3.63, 3.8) is 0 Å². The maximum absolute atomic E-state index is 12.4. The topological polar surface area (TPSA) is 87.7 Å². The Morgan fingerprint density at radius 2 is 1.88 bits per heavy atom. The molecule has 8 nitrogen and oxygen atoms in total. The Morgan fingerprint density at radius 3 is 2.56 bits per heavy atom. The quantitative estimate of drug-likeness (QED) is 0.446. The van der Waals surface area contributed by atoms with E-state index >= 15 is 0 Å². The van der Waals surface area contributed by atoms with Gasteiger partial charge in [0, 0.05) is 30.1 Å². The predicted molar refractivity (Wildman–Crippen MR) is 122 cm³/mol.